The summed E-state index contributed by atoms with van der Waals surface area (Å²) in [5.74, 6) is 0.894. The van der Waals surface area contributed by atoms with Crippen molar-refractivity contribution in [3.8, 4) is 5.75 Å². The van der Waals surface area contributed by atoms with Gasteiger partial charge in [-0.05, 0) is 55.2 Å². The van der Waals surface area contributed by atoms with Gasteiger partial charge in [-0.2, -0.15) is 0 Å². The van der Waals surface area contributed by atoms with Gasteiger partial charge in [0.1, 0.15) is 5.75 Å². The number of fused-ring (bicyclic) bond motifs is 1. The second kappa shape index (κ2) is 6.73. The van der Waals surface area contributed by atoms with Crippen LogP contribution in [0.3, 0.4) is 0 Å². The van der Waals surface area contributed by atoms with Gasteiger partial charge >= 0.3 is 0 Å². The average molecular weight is 310 g/mol. The third-order valence-electron chi connectivity index (χ3n) is 4.16. The maximum absolute atomic E-state index is 12.5. The zero-order valence-electron chi connectivity index (χ0n) is 13.4. The summed E-state index contributed by atoms with van der Waals surface area (Å²) >= 11 is 0. The SMILES string of the molecule is Cc1cccc(OCCC(=O)N2CCCc3c(N)cccc32)c1. The van der Waals surface area contributed by atoms with Crippen LogP contribution in [0.1, 0.15) is 24.0 Å². The van der Waals surface area contributed by atoms with Gasteiger partial charge in [-0.15, -0.1) is 0 Å². The molecule has 1 aliphatic rings. The van der Waals surface area contributed by atoms with E-state index in [4.69, 9.17) is 10.5 Å². The van der Waals surface area contributed by atoms with Crippen molar-refractivity contribution in [2.45, 2.75) is 26.2 Å². The summed E-state index contributed by atoms with van der Waals surface area (Å²) < 4.78 is 5.69. The van der Waals surface area contributed by atoms with E-state index in [2.05, 4.69) is 0 Å². The van der Waals surface area contributed by atoms with Gasteiger partial charge in [0.2, 0.25) is 5.91 Å². The van der Waals surface area contributed by atoms with Gasteiger partial charge in [0.25, 0.3) is 0 Å². The highest BCUT2D eigenvalue weighted by molar-refractivity contribution is 5.95. The summed E-state index contributed by atoms with van der Waals surface area (Å²) in [5.41, 5.74) is 10.00. The first kappa shape index (κ1) is 15.4. The monoisotopic (exact) mass is 310 g/mol. The lowest BCUT2D eigenvalue weighted by atomic mass is 9.99. The van der Waals surface area contributed by atoms with Gasteiger partial charge in [0, 0.05) is 17.9 Å². The Balaban J connectivity index is 1.62. The molecule has 0 aromatic heterocycles. The number of benzene rings is 2. The molecule has 23 heavy (non-hydrogen) atoms. The number of ether oxygens (including phenoxy) is 1. The van der Waals surface area contributed by atoms with Crippen molar-refractivity contribution in [1.82, 2.24) is 0 Å². The molecule has 0 aliphatic carbocycles. The quantitative estimate of drug-likeness (QED) is 0.881. The van der Waals surface area contributed by atoms with Crippen LogP contribution in [0.15, 0.2) is 42.5 Å². The van der Waals surface area contributed by atoms with E-state index in [-0.39, 0.29) is 5.91 Å². The maximum Gasteiger partial charge on any atom is 0.230 e. The lowest BCUT2D eigenvalue weighted by molar-refractivity contribution is -0.119. The van der Waals surface area contributed by atoms with Crippen LogP contribution in [0.2, 0.25) is 0 Å². The molecule has 0 saturated carbocycles. The third-order valence-corrected chi connectivity index (χ3v) is 4.16. The highest BCUT2D eigenvalue weighted by Gasteiger charge is 2.23. The van der Waals surface area contributed by atoms with Crippen LogP contribution in [0.25, 0.3) is 0 Å². The molecule has 2 aromatic carbocycles. The number of anilines is 2. The largest absolute Gasteiger partial charge is 0.493 e. The molecule has 0 bridgehead atoms. The number of carbonyl (C=O) groups is 1. The smallest absolute Gasteiger partial charge is 0.230 e. The molecular weight excluding hydrogens is 288 g/mol. The van der Waals surface area contributed by atoms with Crippen molar-refractivity contribution in [2.75, 3.05) is 23.8 Å². The Hall–Kier alpha value is -2.49. The summed E-state index contributed by atoms with van der Waals surface area (Å²) in [7, 11) is 0. The van der Waals surface area contributed by atoms with Gasteiger partial charge in [-0.1, -0.05) is 18.2 Å². The minimum absolute atomic E-state index is 0.0872. The second-order valence-corrected chi connectivity index (χ2v) is 5.91. The summed E-state index contributed by atoms with van der Waals surface area (Å²) in [5, 5.41) is 0. The molecule has 2 N–H and O–H groups in total. The Labute approximate surface area is 136 Å². The number of aryl methyl sites for hydroxylation is 1. The van der Waals surface area contributed by atoms with E-state index < -0.39 is 0 Å². The summed E-state index contributed by atoms with van der Waals surface area (Å²) in [6.45, 7) is 3.16. The van der Waals surface area contributed by atoms with Crippen molar-refractivity contribution >= 4 is 17.3 Å². The zero-order chi connectivity index (χ0) is 16.2. The minimum atomic E-state index is 0.0872. The molecule has 0 spiro atoms. The van der Waals surface area contributed by atoms with E-state index in [1.807, 2.05) is 54.3 Å². The fraction of sp³-hybridized carbons (Fsp3) is 0.316. The van der Waals surface area contributed by atoms with Crippen molar-refractivity contribution in [3.63, 3.8) is 0 Å². The minimum Gasteiger partial charge on any atom is -0.493 e. The van der Waals surface area contributed by atoms with Crippen LogP contribution in [-0.2, 0) is 11.2 Å². The number of hydrogen-bond acceptors (Lipinski definition) is 3. The number of amides is 1. The summed E-state index contributed by atoms with van der Waals surface area (Å²) in [6.07, 6.45) is 2.25. The molecule has 1 aliphatic heterocycles. The van der Waals surface area contributed by atoms with E-state index in [0.29, 0.717) is 13.0 Å². The topological polar surface area (TPSA) is 55.6 Å². The number of carbonyl (C=O) groups excluding carboxylic acids is 1. The van der Waals surface area contributed by atoms with E-state index in [0.717, 1.165) is 47.6 Å². The third kappa shape index (κ3) is 3.47. The predicted molar refractivity (Wildman–Crippen MR) is 92.8 cm³/mol. The standard InChI is InChI=1S/C19H22N2O2/c1-14-5-2-6-15(13-14)23-12-10-19(22)21-11-4-7-16-17(20)8-3-9-18(16)21/h2-3,5-6,8-9,13H,4,7,10-12,20H2,1H3. The van der Waals surface area contributed by atoms with Gasteiger partial charge in [0.05, 0.1) is 13.0 Å². The molecule has 1 amide bonds. The summed E-state index contributed by atoms with van der Waals surface area (Å²) in [6, 6.07) is 13.6. The van der Waals surface area contributed by atoms with Crippen LogP contribution < -0.4 is 15.4 Å². The molecule has 4 heteroatoms. The van der Waals surface area contributed by atoms with Gasteiger partial charge < -0.3 is 15.4 Å². The van der Waals surface area contributed by atoms with Gasteiger partial charge in [-0.25, -0.2) is 0 Å². The van der Waals surface area contributed by atoms with Crippen LogP contribution in [0, 0.1) is 6.92 Å². The average Bonchev–Trinajstić information content (AvgIpc) is 2.55. The van der Waals surface area contributed by atoms with Gasteiger partial charge in [-0.3, -0.25) is 4.79 Å². The molecule has 3 rings (SSSR count). The van der Waals surface area contributed by atoms with E-state index in [1.165, 1.54) is 0 Å². The number of nitrogen functional groups attached to an aromatic ring is 1. The van der Waals surface area contributed by atoms with Crippen molar-refractivity contribution in [3.05, 3.63) is 53.6 Å². The first-order chi connectivity index (χ1) is 11.1. The normalized spacial score (nSPS) is 13.5. The molecule has 1 heterocycles. The molecule has 2 aromatic rings. The molecule has 0 saturated heterocycles. The maximum atomic E-state index is 12.5. The molecule has 120 valence electrons. The number of nitrogens with two attached hydrogens (primary N) is 1. The van der Waals surface area contributed by atoms with Crippen molar-refractivity contribution in [2.24, 2.45) is 0 Å². The Morgan fingerprint density at radius 2 is 2.09 bits per heavy atom. The first-order valence-corrected chi connectivity index (χ1v) is 8.02. The highest BCUT2D eigenvalue weighted by atomic mass is 16.5. The number of rotatable bonds is 4. The molecule has 0 radical (unpaired) electrons. The van der Waals surface area contributed by atoms with Crippen LogP contribution in [0.5, 0.6) is 5.75 Å². The molecule has 0 atom stereocenters. The Bertz CT molecular complexity index is 712. The van der Waals surface area contributed by atoms with E-state index in [9.17, 15) is 4.79 Å². The fourth-order valence-corrected chi connectivity index (χ4v) is 3.01. The Morgan fingerprint density at radius 1 is 1.26 bits per heavy atom. The van der Waals surface area contributed by atoms with Crippen molar-refractivity contribution in [1.29, 1.82) is 0 Å². The predicted octanol–water partition coefficient (Wildman–Crippen LogP) is 3.33. The lowest BCUT2D eigenvalue weighted by Gasteiger charge is -2.30. The van der Waals surface area contributed by atoms with Gasteiger partial charge in [0.15, 0.2) is 0 Å². The Morgan fingerprint density at radius 3 is 2.91 bits per heavy atom. The van der Waals surface area contributed by atoms with Crippen LogP contribution >= 0.6 is 0 Å². The highest BCUT2D eigenvalue weighted by Crippen LogP contribution is 2.31. The van der Waals surface area contributed by atoms with E-state index in [1.54, 1.807) is 0 Å². The fourth-order valence-electron chi connectivity index (χ4n) is 3.01. The summed E-state index contributed by atoms with van der Waals surface area (Å²) in [4.78, 5) is 14.4. The number of nitrogens with zero attached hydrogens (tertiary/aromatic N) is 1. The molecule has 0 unspecified atom stereocenters. The molecule has 4 nitrogen and oxygen atoms in total. The first-order valence-electron chi connectivity index (χ1n) is 8.02. The van der Waals surface area contributed by atoms with Crippen LogP contribution in [-0.4, -0.2) is 19.1 Å². The van der Waals surface area contributed by atoms with Crippen molar-refractivity contribution < 1.29 is 9.53 Å². The lowest BCUT2D eigenvalue weighted by Crippen LogP contribution is -2.36. The molecule has 0 fully saturated rings. The second-order valence-electron chi connectivity index (χ2n) is 5.91. The Kier molecular flexibility index (Phi) is 4.51. The van der Waals surface area contributed by atoms with E-state index >= 15 is 0 Å². The molecular formula is C19H22N2O2. The van der Waals surface area contributed by atoms with Crippen LogP contribution in [0.4, 0.5) is 11.4 Å². The zero-order valence-corrected chi connectivity index (χ0v) is 13.4. The number of hydrogen-bond donors (Lipinski definition) is 1.